The molecule has 0 aliphatic heterocycles. The van der Waals surface area contributed by atoms with Crippen LogP contribution in [0.4, 0.5) is 5.69 Å². The molecule has 0 bridgehead atoms. The van der Waals surface area contributed by atoms with Crippen molar-refractivity contribution in [1.29, 1.82) is 0 Å². The highest BCUT2D eigenvalue weighted by molar-refractivity contribution is 5.70. The normalized spacial score (nSPS) is 10.2. The summed E-state index contributed by atoms with van der Waals surface area (Å²) < 4.78 is 0. The summed E-state index contributed by atoms with van der Waals surface area (Å²) in [6.07, 6.45) is 1.57. The fraction of sp³-hybridized carbons (Fsp3) is 0.154. The van der Waals surface area contributed by atoms with Gasteiger partial charge in [-0.15, -0.1) is 0 Å². The van der Waals surface area contributed by atoms with Gasteiger partial charge in [-0.05, 0) is 37.1 Å². The molecule has 0 N–H and O–H groups in total. The van der Waals surface area contributed by atoms with Gasteiger partial charge in [0.1, 0.15) is 5.69 Å². The number of pyridine rings is 1. The molecule has 0 amide bonds. The largest absolute Gasteiger partial charge is 0.295 e. The molecule has 2 rings (SSSR count). The molecule has 4 heteroatoms. The SMILES string of the molecule is Cc1ccc(-c2ncccc2[N+](=O)[O-])cc1C. The zero-order chi connectivity index (χ0) is 12.4. The molecule has 0 fully saturated rings. The molecule has 0 spiro atoms. The van der Waals surface area contributed by atoms with Gasteiger partial charge in [0.15, 0.2) is 0 Å². The van der Waals surface area contributed by atoms with Gasteiger partial charge in [0, 0.05) is 17.8 Å². The van der Waals surface area contributed by atoms with Crippen LogP contribution in [0.5, 0.6) is 0 Å². The quantitative estimate of drug-likeness (QED) is 0.585. The summed E-state index contributed by atoms with van der Waals surface area (Å²) in [6.45, 7) is 3.99. The molecule has 86 valence electrons. The molecule has 0 saturated heterocycles. The van der Waals surface area contributed by atoms with Gasteiger partial charge in [-0.1, -0.05) is 12.1 Å². The summed E-state index contributed by atoms with van der Waals surface area (Å²) in [5.41, 5.74) is 3.49. The number of nitrogens with zero attached hydrogens (tertiary/aromatic N) is 2. The lowest BCUT2D eigenvalue weighted by Crippen LogP contribution is -1.94. The van der Waals surface area contributed by atoms with Crippen LogP contribution >= 0.6 is 0 Å². The standard InChI is InChI=1S/C13H12N2O2/c1-9-5-6-11(8-10(9)2)13-12(15(16)17)4-3-7-14-13/h3-8H,1-2H3. The topological polar surface area (TPSA) is 56.0 Å². The molecule has 2 aromatic rings. The lowest BCUT2D eigenvalue weighted by Gasteiger charge is -2.05. The van der Waals surface area contributed by atoms with Crippen LogP contribution < -0.4 is 0 Å². The Labute approximate surface area is 99.1 Å². The van der Waals surface area contributed by atoms with E-state index in [1.54, 1.807) is 12.3 Å². The second-order valence-electron chi connectivity index (χ2n) is 3.93. The van der Waals surface area contributed by atoms with Crippen LogP contribution in [0.2, 0.25) is 0 Å². The van der Waals surface area contributed by atoms with Gasteiger partial charge < -0.3 is 0 Å². The average molecular weight is 228 g/mol. The maximum Gasteiger partial charge on any atom is 0.295 e. The molecular weight excluding hydrogens is 216 g/mol. The van der Waals surface area contributed by atoms with E-state index in [9.17, 15) is 10.1 Å². The Bertz CT molecular complexity index is 579. The van der Waals surface area contributed by atoms with Crippen LogP contribution in [0.25, 0.3) is 11.3 Å². The van der Waals surface area contributed by atoms with E-state index in [4.69, 9.17) is 0 Å². The predicted molar refractivity (Wildman–Crippen MR) is 65.8 cm³/mol. The molecule has 17 heavy (non-hydrogen) atoms. The van der Waals surface area contributed by atoms with Gasteiger partial charge in [-0.2, -0.15) is 0 Å². The minimum Gasteiger partial charge on any atom is -0.258 e. The van der Waals surface area contributed by atoms with Crippen molar-refractivity contribution in [2.45, 2.75) is 13.8 Å². The van der Waals surface area contributed by atoms with E-state index in [2.05, 4.69) is 4.98 Å². The Morgan fingerprint density at radius 2 is 1.94 bits per heavy atom. The van der Waals surface area contributed by atoms with E-state index in [0.29, 0.717) is 5.69 Å². The van der Waals surface area contributed by atoms with E-state index < -0.39 is 4.92 Å². The zero-order valence-electron chi connectivity index (χ0n) is 9.68. The highest BCUT2D eigenvalue weighted by atomic mass is 16.6. The van der Waals surface area contributed by atoms with Crippen LogP contribution in [-0.2, 0) is 0 Å². The Morgan fingerprint density at radius 1 is 1.18 bits per heavy atom. The molecule has 1 aromatic carbocycles. The van der Waals surface area contributed by atoms with Crippen LogP contribution in [-0.4, -0.2) is 9.91 Å². The Kier molecular flexibility index (Phi) is 2.87. The third-order valence-corrected chi connectivity index (χ3v) is 2.76. The number of aromatic nitrogens is 1. The molecule has 4 nitrogen and oxygen atoms in total. The summed E-state index contributed by atoms with van der Waals surface area (Å²) in [4.78, 5) is 14.6. The lowest BCUT2D eigenvalue weighted by atomic mass is 10.0. The van der Waals surface area contributed by atoms with Gasteiger partial charge in [-0.25, -0.2) is 4.98 Å². The summed E-state index contributed by atoms with van der Waals surface area (Å²) in [5, 5.41) is 10.9. The van der Waals surface area contributed by atoms with Crippen molar-refractivity contribution in [3.63, 3.8) is 0 Å². The van der Waals surface area contributed by atoms with Crippen molar-refractivity contribution in [2.75, 3.05) is 0 Å². The van der Waals surface area contributed by atoms with Crippen LogP contribution in [0.15, 0.2) is 36.5 Å². The van der Waals surface area contributed by atoms with E-state index in [1.165, 1.54) is 6.07 Å². The number of benzene rings is 1. The molecule has 0 radical (unpaired) electrons. The molecule has 0 aliphatic rings. The summed E-state index contributed by atoms with van der Waals surface area (Å²) in [7, 11) is 0. The summed E-state index contributed by atoms with van der Waals surface area (Å²) >= 11 is 0. The van der Waals surface area contributed by atoms with E-state index in [0.717, 1.165) is 16.7 Å². The van der Waals surface area contributed by atoms with E-state index >= 15 is 0 Å². The minimum atomic E-state index is -0.405. The molecule has 1 heterocycles. The number of hydrogen-bond donors (Lipinski definition) is 0. The Morgan fingerprint density at radius 3 is 2.59 bits per heavy atom. The van der Waals surface area contributed by atoms with Gasteiger partial charge in [0.2, 0.25) is 0 Å². The third-order valence-electron chi connectivity index (χ3n) is 2.76. The molecule has 0 atom stereocenters. The van der Waals surface area contributed by atoms with Crippen LogP contribution in [0, 0.1) is 24.0 Å². The maximum atomic E-state index is 10.9. The van der Waals surface area contributed by atoms with Gasteiger partial charge in [0.25, 0.3) is 5.69 Å². The van der Waals surface area contributed by atoms with Crippen LogP contribution in [0.1, 0.15) is 11.1 Å². The Hall–Kier alpha value is -2.23. The third kappa shape index (κ3) is 2.15. The second kappa shape index (κ2) is 4.33. The van der Waals surface area contributed by atoms with Crippen molar-refractivity contribution in [3.8, 4) is 11.3 Å². The van der Waals surface area contributed by atoms with Crippen molar-refractivity contribution in [1.82, 2.24) is 4.98 Å². The van der Waals surface area contributed by atoms with Crippen molar-refractivity contribution in [3.05, 3.63) is 57.8 Å². The fourth-order valence-electron chi connectivity index (χ4n) is 1.66. The summed E-state index contributed by atoms with van der Waals surface area (Å²) in [5.74, 6) is 0. The zero-order valence-corrected chi connectivity index (χ0v) is 9.68. The first-order valence-corrected chi connectivity index (χ1v) is 5.26. The van der Waals surface area contributed by atoms with Crippen molar-refractivity contribution < 1.29 is 4.92 Å². The second-order valence-corrected chi connectivity index (χ2v) is 3.93. The van der Waals surface area contributed by atoms with Gasteiger partial charge in [-0.3, -0.25) is 10.1 Å². The van der Waals surface area contributed by atoms with Crippen LogP contribution in [0.3, 0.4) is 0 Å². The highest BCUT2D eigenvalue weighted by Crippen LogP contribution is 2.28. The number of aryl methyl sites for hydroxylation is 2. The summed E-state index contributed by atoms with van der Waals surface area (Å²) in [6, 6.07) is 8.77. The smallest absolute Gasteiger partial charge is 0.258 e. The van der Waals surface area contributed by atoms with E-state index in [1.807, 2.05) is 32.0 Å². The Balaban J connectivity index is 2.60. The lowest BCUT2D eigenvalue weighted by molar-refractivity contribution is -0.384. The fourth-order valence-corrected chi connectivity index (χ4v) is 1.66. The molecule has 0 unspecified atom stereocenters. The maximum absolute atomic E-state index is 10.9. The first kappa shape index (κ1) is 11.3. The molecule has 1 aromatic heterocycles. The molecule has 0 saturated carbocycles. The highest BCUT2D eigenvalue weighted by Gasteiger charge is 2.15. The van der Waals surface area contributed by atoms with Gasteiger partial charge >= 0.3 is 0 Å². The minimum absolute atomic E-state index is 0.0377. The van der Waals surface area contributed by atoms with Gasteiger partial charge in [0.05, 0.1) is 4.92 Å². The number of nitro groups is 1. The first-order chi connectivity index (χ1) is 8.09. The monoisotopic (exact) mass is 228 g/mol. The molecule has 0 aliphatic carbocycles. The van der Waals surface area contributed by atoms with Crippen molar-refractivity contribution in [2.24, 2.45) is 0 Å². The average Bonchev–Trinajstić information content (AvgIpc) is 2.32. The predicted octanol–water partition coefficient (Wildman–Crippen LogP) is 3.27. The first-order valence-electron chi connectivity index (χ1n) is 5.26. The van der Waals surface area contributed by atoms with Crippen molar-refractivity contribution >= 4 is 5.69 Å². The number of rotatable bonds is 2. The molecular formula is C13H12N2O2. The van der Waals surface area contributed by atoms with E-state index in [-0.39, 0.29) is 5.69 Å². The number of hydrogen-bond acceptors (Lipinski definition) is 3.